The lowest BCUT2D eigenvalue weighted by molar-refractivity contribution is 0.413. The van der Waals surface area contributed by atoms with Crippen LogP contribution in [0.3, 0.4) is 0 Å². The molecule has 0 fully saturated rings. The maximum Gasteiger partial charge on any atom is 0.134 e. The van der Waals surface area contributed by atoms with Gasteiger partial charge in [-0.05, 0) is 49.4 Å². The summed E-state index contributed by atoms with van der Waals surface area (Å²) in [7, 11) is 3.22. The first kappa shape index (κ1) is 15.9. The smallest absolute Gasteiger partial charge is 0.134 e. The highest BCUT2D eigenvalue weighted by Crippen LogP contribution is 2.34. The van der Waals surface area contributed by atoms with Crippen LogP contribution in [-0.2, 0) is 0 Å². The predicted molar refractivity (Wildman–Crippen MR) is 82.7 cm³/mol. The van der Waals surface area contributed by atoms with E-state index in [-0.39, 0.29) is 5.56 Å². The monoisotopic (exact) mass is 355 g/mol. The summed E-state index contributed by atoms with van der Waals surface area (Å²) in [6, 6.07) is 7.43. The van der Waals surface area contributed by atoms with Gasteiger partial charge < -0.3 is 10.1 Å². The van der Waals surface area contributed by atoms with Gasteiger partial charge in [-0.1, -0.05) is 22.0 Å². The molecule has 0 aliphatic heterocycles. The molecule has 0 saturated heterocycles. The summed E-state index contributed by atoms with van der Waals surface area (Å²) in [4.78, 5) is 0. The quantitative estimate of drug-likeness (QED) is 0.879. The van der Waals surface area contributed by atoms with Gasteiger partial charge in [0.2, 0.25) is 0 Å². The molecule has 0 bridgehead atoms. The van der Waals surface area contributed by atoms with E-state index >= 15 is 0 Å². The molecule has 0 radical (unpaired) electrons. The van der Waals surface area contributed by atoms with E-state index < -0.39 is 17.7 Å². The molecule has 112 valence electrons. The third-order valence-electron chi connectivity index (χ3n) is 3.41. The van der Waals surface area contributed by atoms with Crippen LogP contribution in [0.25, 0.3) is 0 Å². The van der Waals surface area contributed by atoms with E-state index in [0.29, 0.717) is 16.9 Å². The Bertz CT molecular complexity index is 661. The number of aryl methyl sites for hydroxylation is 1. The summed E-state index contributed by atoms with van der Waals surface area (Å²) >= 11 is 3.43. The van der Waals surface area contributed by atoms with Crippen molar-refractivity contribution >= 4 is 15.9 Å². The third-order valence-corrected chi connectivity index (χ3v) is 4.13. The summed E-state index contributed by atoms with van der Waals surface area (Å²) in [6.45, 7) is 1.62. The fraction of sp³-hybridized carbons (Fsp3) is 0.250. The van der Waals surface area contributed by atoms with Crippen LogP contribution in [0.15, 0.2) is 34.8 Å². The highest BCUT2D eigenvalue weighted by atomic mass is 79.9. The van der Waals surface area contributed by atoms with Crippen molar-refractivity contribution in [3.63, 3.8) is 0 Å². The van der Waals surface area contributed by atoms with E-state index in [1.165, 1.54) is 12.1 Å². The molecule has 0 aromatic heterocycles. The zero-order valence-corrected chi connectivity index (χ0v) is 13.6. The number of ether oxygens (including phenoxy) is 1. The number of hydrogen-bond acceptors (Lipinski definition) is 2. The van der Waals surface area contributed by atoms with Crippen molar-refractivity contribution in [3.8, 4) is 5.75 Å². The molecule has 0 aliphatic carbocycles. The van der Waals surface area contributed by atoms with Crippen LogP contribution in [0.1, 0.15) is 22.7 Å². The fourth-order valence-corrected chi connectivity index (χ4v) is 2.74. The third kappa shape index (κ3) is 3.09. The van der Waals surface area contributed by atoms with Gasteiger partial charge in [-0.25, -0.2) is 8.78 Å². The Hall–Kier alpha value is -1.46. The average molecular weight is 356 g/mol. The Labute approximate surface area is 131 Å². The second-order valence-corrected chi connectivity index (χ2v) is 5.56. The van der Waals surface area contributed by atoms with Crippen LogP contribution in [0, 0.1) is 18.6 Å². The maximum absolute atomic E-state index is 14.4. The van der Waals surface area contributed by atoms with Gasteiger partial charge >= 0.3 is 0 Å². The maximum atomic E-state index is 14.4. The number of nitrogens with one attached hydrogen (secondary N) is 1. The molecule has 5 heteroatoms. The van der Waals surface area contributed by atoms with Crippen molar-refractivity contribution < 1.29 is 13.5 Å². The van der Waals surface area contributed by atoms with E-state index in [2.05, 4.69) is 21.2 Å². The molecule has 0 saturated carbocycles. The molecule has 2 nitrogen and oxygen atoms in total. The topological polar surface area (TPSA) is 21.3 Å². The Balaban J connectivity index is 2.63. The van der Waals surface area contributed by atoms with Gasteiger partial charge in [-0.3, -0.25) is 0 Å². The highest BCUT2D eigenvalue weighted by Gasteiger charge is 2.24. The number of halogens is 3. The number of methoxy groups -OCH3 is 1. The lowest BCUT2D eigenvalue weighted by atomic mass is 9.96. The van der Waals surface area contributed by atoms with Crippen molar-refractivity contribution in [2.45, 2.75) is 13.0 Å². The van der Waals surface area contributed by atoms with Crippen LogP contribution in [0.5, 0.6) is 5.75 Å². The zero-order chi connectivity index (χ0) is 15.6. The van der Waals surface area contributed by atoms with Gasteiger partial charge in [0.05, 0.1) is 13.2 Å². The Morgan fingerprint density at radius 2 is 1.90 bits per heavy atom. The van der Waals surface area contributed by atoms with Gasteiger partial charge in [0.1, 0.15) is 17.4 Å². The first-order chi connectivity index (χ1) is 9.99. The molecule has 0 aliphatic rings. The molecule has 0 spiro atoms. The van der Waals surface area contributed by atoms with Crippen molar-refractivity contribution in [1.29, 1.82) is 0 Å². The Morgan fingerprint density at radius 3 is 2.52 bits per heavy atom. The molecular weight excluding hydrogens is 340 g/mol. The summed E-state index contributed by atoms with van der Waals surface area (Å²) < 4.78 is 34.5. The minimum Gasteiger partial charge on any atom is -0.497 e. The summed E-state index contributed by atoms with van der Waals surface area (Å²) in [5, 5.41) is 2.97. The van der Waals surface area contributed by atoms with Gasteiger partial charge in [0, 0.05) is 10.0 Å². The number of benzene rings is 2. The molecule has 1 N–H and O–H groups in total. The van der Waals surface area contributed by atoms with E-state index in [4.69, 9.17) is 4.74 Å². The van der Waals surface area contributed by atoms with Gasteiger partial charge in [-0.2, -0.15) is 0 Å². The van der Waals surface area contributed by atoms with Gasteiger partial charge in [-0.15, -0.1) is 0 Å². The van der Waals surface area contributed by atoms with E-state index in [1.54, 1.807) is 39.3 Å². The summed E-state index contributed by atoms with van der Waals surface area (Å²) in [5.41, 5.74) is 1.12. The Morgan fingerprint density at radius 1 is 1.19 bits per heavy atom. The number of hydrogen-bond donors (Lipinski definition) is 1. The molecule has 0 amide bonds. The van der Waals surface area contributed by atoms with Crippen molar-refractivity contribution in [3.05, 3.63) is 63.1 Å². The second kappa shape index (κ2) is 6.54. The molecule has 0 heterocycles. The van der Waals surface area contributed by atoms with Crippen LogP contribution in [0.2, 0.25) is 0 Å². The molecular formula is C16H16BrF2NO. The normalized spacial score (nSPS) is 12.3. The lowest BCUT2D eigenvalue weighted by Gasteiger charge is -2.21. The molecule has 1 atom stereocenters. The molecule has 21 heavy (non-hydrogen) atoms. The van der Waals surface area contributed by atoms with Gasteiger partial charge in [0.15, 0.2) is 0 Å². The van der Waals surface area contributed by atoms with E-state index in [0.717, 1.165) is 4.47 Å². The van der Waals surface area contributed by atoms with Crippen LogP contribution >= 0.6 is 15.9 Å². The minimum atomic E-state index is -0.616. The largest absolute Gasteiger partial charge is 0.497 e. The fourth-order valence-electron chi connectivity index (χ4n) is 2.27. The minimum absolute atomic E-state index is 0.00598. The lowest BCUT2D eigenvalue weighted by Crippen LogP contribution is -2.21. The number of rotatable bonds is 4. The van der Waals surface area contributed by atoms with E-state index in [9.17, 15) is 8.78 Å². The van der Waals surface area contributed by atoms with Crippen LogP contribution in [-0.4, -0.2) is 14.2 Å². The van der Waals surface area contributed by atoms with E-state index in [1.807, 2.05) is 0 Å². The first-order valence-corrected chi connectivity index (χ1v) is 7.24. The molecule has 2 aromatic carbocycles. The molecule has 2 rings (SSSR count). The van der Waals surface area contributed by atoms with Crippen molar-refractivity contribution in [2.24, 2.45) is 0 Å². The second-order valence-electron chi connectivity index (χ2n) is 4.70. The zero-order valence-electron chi connectivity index (χ0n) is 12.0. The van der Waals surface area contributed by atoms with Crippen molar-refractivity contribution in [1.82, 2.24) is 5.32 Å². The molecule has 2 aromatic rings. The Kier molecular flexibility index (Phi) is 4.96. The first-order valence-electron chi connectivity index (χ1n) is 6.44. The average Bonchev–Trinajstić information content (AvgIpc) is 2.48. The van der Waals surface area contributed by atoms with Crippen LogP contribution in [0.4, 0.5) is 8.78 Å². The highest BCUT2D eigenvalue weighted by molar-refractivity contribution is 9.10. The molecule has 1 unspecified atom stereocenters. The summed E-state index contributed by atoms with van der Waals surface area (Å²) in [5.74, 6) is -0.488. The van der Waals surface area contributed by atoms with Gasteiger partial charge in [0.25, 0.3) is 0 Å². The van der Waals surface area contributed by atoms with Crippen LogP contribution < -0.4 is 10.1 Å². The SMILES string of the molecule is CNC(c1cc(OC)ccc1Br)c1c(F)ccc(C)c1F. The summed E-state index contributed by atoms with van der Waals surface area (Å²) in [6.07, 6.45) is 0. The standard InChI is InChI=1S/C16H16BrF2NO/c1-9-4-7-13(18)14(15(9)19)16(20-2)11-8-10(21-3)5-6-12(11)17/h4-8,16,20H,1-3H3. The predicted octanol–water partition coefficient (Wildman–Crippen LogP) is 4.35. The van der Waals surface area contributed by atoms with Crippen molar-refractivity contribution in [2.75, 3.05) is 14.2 Å².